The molecule has 0 saturated heterocycles. The number of carboxylic acid groups (broad SMARTS) is 1. The molecule has 0 spiro atoms. The number of aryl methyl sites for hydroxylation is 1. The van der Waals surface area contributed by atoms with E-state index in [0.29, 0.717) is 15.7 Å². The maximum absolute atomic E-state index is 11.0. The van der Waals surface area contributed by atoms with Crippen LogP contribution in [0.5, 0.6) is 0 Å². The van der Waals surface area contributed by atoms with E-state index in [2.05, 4.69) is 9.97 Å². The Hall–Kier alpha value is -1.50. The van der Waals surface area contributed by atoms with Crippen molar-refractivity contribution in [1.29, 1.82) is 0 Å². The number of pyridine rings is 1. The van der Waals surface area contributed by atoms with Gasteiger partial charge in [0.25, 0.3) is 0 Å². The molecule has 0 aromatic carbocycles. The summed E-state index contributed by atoms with van der Waals surface area (Å²) < 4.78 is 0.892. The monoisotopic (exact) mass is 310 g/mol. The minimum Gasteiger partial charge on any atom is -0.477 e. The first-order valence-corrected chi connectivity index (χ1v) is 7.32. The van der Waals surface area contributed by atoms with Gasteiger partial charge in [-0.1, -0.05) is 11.6 Å². The van der Waals surface area contributed by atoms with Crippen LogP contribution in [0.4, 0.5) is 0 Å². The van der Waals surface area contributed by atoms with Gasteiger partial charge in [0.05, 0.1) is 25.8 Å². The predicted octanol–water partition coefficient (Wildman–Crippen LogP) is 4.08. The second-order valence-corrected chi connectivity index (χ2v) is 6.31. The van der Waals surface area contributed by atoms with E-state index in [1.54, 1.807) is 19.2 Å². The topological polar surface area (TPSA) is 63.1 Å². The van der Waals surface area contributed by atoms with E-state index in [4.69, 9.17) is 16.7 Å². The second kappa shape index (κ2) is 4.56. The molecule has 7 heteroatoms. The summed E-state index contributed by atoms with van der Waals surface area (Å²) in [7, 11) is 0. The molecule has 0 aliphatic rings. The molecule has 3 aromatic rings. The predicted molar refractivity (Wildman–Crippen MR) is 77.4 cm³/mol. The molecule has 3 heterocycles. The molecule has 0 amide bonds. The van der Waals surface area contributed by atoms with Crippen molar-refractivity contribution in [2.24, 2.45) is 0 Å². The average molecular weight is 311 g/mol. The van der Waals surface area contributed by atoms with E-state index in [1.807, 2.05) is 6.07 Å². The second-order valence-electron chi connectivity index (χ2n) is 3.86. The van der Waals surface area contributed by atoms with E-state index in [9.17, 15) is 4.79 Å². The zero-order chi connectivity index (χ0) is 13.6. The Kier molecular flexibility index (Phi) is 3.00. The third kappa shape index (κ3) is 2.11. The van der Waals surface area contributed by atoms with Gasteiger partial charge in [-0.05, 0) is 19.1 Å². The first kappa shape index (κ1) is 12.5. The van der Waals surface area contributed by atoms with Gasteiger partial charge in [0.2, 0.25) is 0 Å². The number of hydrogen-bond donors (Lipinski definition) is 1. The van der Waals surface area contributed by atoms with E-state index < -0.39 is 5.97 Å². The van der Waals surface area contributed by atoms with Gasteiger partial charge < -0.3 is 5.11 Å². The van der Waals surface area contributed by atoms with Crippen LogP contribution in [0.15, 0.2) is 18.3 Å². The van der Waals surface area contributed by atoms with E-state index in [0.717, 1.165) is 15.1 Å². The quantitative estimate of drug-likeness (QED) is 0.774. The van der Waals surface area contributed by atoms with Gasteiger partial charge in [0.1, 0.15) is 9.88 Å². The van der Waals surface area contributed by atoms with Crippen LogP contribution in [0, 0.1) is 6.92 Å². The summed E-state index contributed by atoms with van der Waals surface area (Å²) in [6.45, 7) is 1.70. The molecular formula is C12H7ClN2O2S2. The van der Waals surface area contributed by atoms with E-state index in [1.165, 1.54) is 22.7 Å². The lowest BCUT2D eigenvalue weighted by Gasteiger charge is -1.88. The van der Waals surface area contributed by atoms with Gasteiger partial charge in [0, 0.05) is 6.20 Å². The molecule has 4 nitrogen and oxygen atoms in total. The molecule has 0 radical (unpaired) electrons. The van der Waals surface area contributed by atoms with Gasteiger partial charge in [0.15, 0.2) is 0 Å². The molecule has 0 unspecified atom stereocenters. The van der Waals surface area contributed by atoms with Crippen LogP contribution in [0.3, 0.4) is 0 Å². The molecule has 0 bridgehead atoms. The molecule has 0 aliphatic heterocycles. The zero-order valence-electron chi connectivity index (χ0n) is 9.68. The van der Waals surface area contributed by atoms with Gasteiger partial charge in [-0.3, -0.25) is 4.98 Å². The standard InChI is InChI=1S/C12H7ClN2O2S2/c1-5-9(12(16)17)19-11(15-5)8-4-7-10(18-8)6(13)2-3-14-7/h2-4H,1H3,(H,16,17). The molecule has 0 fully saturated rings. The van der Waals surface area contributed by atoms with Gasteiger partial charge in [-0.15, -0.1) is 22.7 Å². The minimum atomic E-state index is -0.946. The van der Waals surface area contributed by atoms with Crippen molar-refractivity contribution in [3.63, 3.8) is 0 Å². The number of hydrogen-bond acceptors (Lipinski definition) is 5. The van der Waals surface area contributed by atoms with Crippen molar-refractivity contribution in [2.45, 2.75) is 6.92 Å². The van der Waals surface area contributed by atoms with Crippen LogP contribution in [-0.4, -0.2) is 21.0 Å². The fraction of sp³-hybridized carbons (Fsp3) is 0.0833. The summed E-state index contributed by atoms with van der Waals surface area (Å²) in [6.07, 6.45) is 1.65. The van der Waals surface area contributed by atoms with Crippen molar-refractivity contribution in [2.75, 3.05) is 0 Å². The lowest BCUT2D eigenvalue weighted by atomic mass is 10.3. The van der Waals surface area contributed by atoms with Crippen LogP contribution in [0.1, 0.15) is 15.4 Å². The minimum absolute atomic E-state index is 0.270. The summed E-state index contributed by atoms with van der Waals surface area (Å²) in [5.41, 5.74) is 1.33. The third-order valence-electron chi connectivity index (χ3n) is 2.57. The summed E-state index contributed by atoms with van der Waals surface area (Å²) >= 11 is 8.75. The molecule has 1 N–H and O–H groups in total. The fourth-order valence-corrected chi connectivity index (χ4v) is 3.95. The average Bonchev–Trinajstić information content (AvgIpc) is 2.93. The Morgan fingerprint density at radius 2 is 2.21 bits per heavy atom. The number of fused-ring (bicyclic) bond motifs is 1. The third-order valence-corrected chi connectivity index (χ3v) is 5.46. The molecule has 0 saturated carbocycles. The number of aromatic carboxylic acids is 1. The summed E-state index contributed by atoms with van der Waals surface area (Å²) in [4.78, 5) is 20.7. The van der Waals surface area contributed by atoms with Gasteiger partial charge in [-0.2, -0.15) is 0 Å². The number of halogens is 1. The summed E-state index contributed by atoms with van der Waals surface area (Å²) in [5, 5.41) is 10.4. The Labute approximate surface area is 121 Å². The maximum atomic E-state index is 11.0. The smallest absolute Gasteiger partial charge is 0.347 e. The lowest BCUT2D eigenvalue weighted by molar-refractivity contribution is 0.0701. The number of carbonyl (C=O) groups is 1. The van der Waals surface area contributed by atoms with E-state index in [-0.39, 0.29) is 4.88 Å². The highest BCUT2D eigenvalue weighted by Gasteiger charge is 2.17. The van der Waals surface area contributed by atoms with Crippen molar-refractivity contribution in [3.8, 4) is 9.88 Å². The highest BCUT2D eigenvalue weighted by molar-refractivity contribution is 7.26. The van der Waals surface area contributed by atoms with Crippen molar-refractivity contribution < 1.29 is 9.90 Å². The van der Waals surface area contributed by atoms with Crippen molar-refractivity contribution >= 4 is 50.5 Å². The van der Waals surface area contributed by atoms with Gasteiger partial charge >= 0.3 is 5.97 Å². The highest BCUT2D eigenvalue weighted by atomic mass is 35.5. The highest BCUT2D eigenvalue weighted by Crippen LogP contribution is 2.38. The van der Waals surface area contributed by atoms with Gasteiger partial charge in [-0.25, -0.2) is 9.78 Å². The molecule has 0 aliphatic carbocycles. The first-order chi connectivity index (χ1) is 9.06. The van der Waals surface area contributed by atoms with Crippen LogP contribution in [0.2, 0.25) is 5.02 Å². The van der Waals surface area contributed by atoms with Crippen LogP contribution in [-0.2, 0) is 0 Å². The van der Waals surface area contributed by atoms with Crippen LogP contribution < -0.4 is 0 Å². The summed E-state index contributed by atoms with van der Waals surface area (Å²) in [6, 6.07) is 3.62. The zero-order valence-corrected chi connectivity index (χ0v) is 12.1. The number of thiophene rings is 1. The maximum Gasteiger partial charge on any atom is 0.347 e. The largest absolute Gasteiger partial charge is 0.477 e. The number of thiazole rings is 1. The molecule has 3 aromatic heterocycles. The van der Waals surface area contributed by atoms with Crippen LogP contribution in [0.25, 0.3) is 20.1 Å². The Morgan fingerprint density at radius 1 is 1.42 bits per heavy atom. The molecule has 96 valence electrons. The Bertz CT molecular complexity index is 794. The first-order valence-electron chi connectivity index (χ1n) is 5.31. The number of rotatable bonds is 2. The molecule has 0 atom stereocenters. The SMILES string of the molecule is Cc1nc(-c2cc3nccc(Cl)c3s2)sc1C(=O)O. The van der Waals surface area contributed by atoms with Crippen LogP contribution >= 0.6 is 34.3 Å². The molecule has 3 rings (SSSR count). The Morgan fingerprint density at radius 3 is 2.84 bits per heavy atom. The van der Waals surface area contributed by atoms with Crippen molar-refractivity contribution in [1.82, 2.24) is 9.97 Å². The van der Waals surface area contributed by atoms with Crippen molar-refractivity contribution in [3.05, 3.63) is 33.9 Å². The number of carboxylic acids is 1. The number of aromatic nitrogens is 2. The molecular weight excluding hydrogens is 304 g/mol. The molecule has 19 heavy (non-hydrogen) atoms. The normalized spacial score (nSPS) is 11.1. The summed E-state index contributed by atoms with van der Waals surface area (Å²) in [5.74, 6) is -0.946. The fourth-order valence-electron chi connectivity index (χ4n) is 1.71. The lowest BCUT2D eigenvalue weighted by Crippen LogP contribution is -1.94. The Balaban J connectivity index is 2.17. The number of nitrogens with zero attached hydrogens (tertiary/aromatic N) is 2. The van der Waals surface area contributed by atoms with E-state index >= 15 is 0 Å².